The number of hydrogen-bond acceptors (Lipinski definition) is 5. The van der Waals surface area contributed by atoms with E-state index in [-0.39, 0.29) is 17.9 Å². The maximum absolute atomic E-state index is 13.2. The zero-order valence-electron chi connectivity index (χ0n) is 18.8. The van der Waals surface area contributed by atoms with Crippen LogP contribution in [-0.4, -0.2) is 67.5 Å². The van der Waals surface area contributed by atoms with E-state index in [0.717, 1.165) is 44.5 Å². The monoisotopic (exact) mass is 446 g/mol. The molecule has 1 aliphatic carbocycles. The van der Waals surface area contributed by atoms with Crippen molar-refractivity contribution in [2.75, 3.05) is 38.5 Å². The quantitative estimate of drug-likeness (QED) is 0.611. The van der Waals surface area contributed by atoms with Crippen LogP contribution in [0.3, 0.4) is 0 Å². The van der Waals surface area contributed by atoms with E-state index in [4.69, 9.17) is 9.47 Å². The standard InChI is InChI=1S/C25H38N2O3S/c1-31-18-26-23-8-5-14-27(25(28)21-13-15-29-16-21)24(23)17-30-22-11-9-20(10-12-22)19-6-3-2-4-7-19/h2-4,6-7,20-24,26H,5,8-18H2,1H3/t20?,21-,22?,23-,24-/m0/s1. The summed E-state index contributed by atoms with van der Waals surface area (Å²) in [5, 5.41) is 3.67. The maximum Gasteiger partial charge on any atom is 0.228 e. The van der Waals surface area contributed by atoms with Crippen LogP contribution in [0.25, 0.3) is 0 Å². The fourth-order valence-electron chi connectivity index (χ4n) is 5.45. The molecule has 0 unspecified atom stereocenters. The molecule has 5 nitrogen and oxygen atoms in total. The molecule has 1 saturated carbocycles. The van der Waals surface area contributed by atoms with Gasteiger partial charge in [0.25, 0.3) is 0 Å². The van der Waals surface area contributed by atoms with E-state index in [1.807, 2.05) is 0 Å². The fourth-order valence-corrected chi connectivity index (χ4v) is 5.83. The van der Waals surface area contributed by atoms with Crippen LogP contribution in [0.15, 0.2) is 30.3 Å². The molecular formula is C25H38N2O3S. The number of nitrogens with zero attached hydrogens (tertiary/aromatic N) is 1. The number of carbonyl (C=O) groups excluding carboxylic acids is 1. The van der Waals surface area contributed by atoms with Crippen molar-refractivity contribution in [3.8, 4) is 0 Å². The van der Waals surface area contributed by atoms with Gasteiger partial charge in [-0.2, -0.15) is 0 Å². The van der Waals surface area contributed by atoms with Gasteiger partial charge in [-0.05, 0) is 62.7 Å². The Kier molecular flexibility index (Phi) is 8.71. The predicted molar refractivity (Wildman–Crippen MR) is 126 cm³/mol. The zero-order valence-corrected chi connectivity index (χ0v) is 19.7. The number of piperidine rings is 1. The zero-order chi connectivity index (χ0) is 21.5. The van der Waals surface area contributed by atoms with Crippen LogP contribution in [0, 0.1) is 5.92 Å². The molecule has 3 fully saturated rings. The second-order valence-electron chi connectivity index (χ2n) is 9.26. The van der Waals surface area contributed by atoms with Crippen LogP contribution in [0.1, 0.15) is 56.4 Å². The van der Waals surface area contributed by atoms with Crippen LogP contribution in [0.2, 0.25) is 0 Å². The fraction of sp³-hybridized carbons (Fsp3) is 0.720. The van der Waals surface area contributed by atoms with Gasteiger partial charge in [-0.25, -0.2) is 0 Å². The number of ether oxygens (including phenoxy) is 2. The lowest BCUT2D eigenvalue weighted by atomic mass is 9.83. The number of nitrogens with one attached hydrogen (secondary N) is 1. The first-order valence-electron chi connectivity index (χ1n) is 12.0. The van der Waals surface area contributed by atoms with Crippen molar-refractivity contribution < 1.29 is 14.3 Å². The Morgan fingerprint density at radius 1 is 1.16 bits per heavy atom. The summed E-state index contributed by atoms with van der Waals surface area (Å²) in [5.74, 6) is 1.88. The number of thioether (sulfide) groups is 1. The van der Waals surface area contributed by atoms with Crippen molar-refractivity contribution >= 4 is 17.7 Å². The lowest BCUT2D eigenvalue weighted by molar-refractivity contribution is -0.143. The summed E-state index contributed by atoms with van der Waals surface area (Å²) in [6.45, 7) is 2.78. The van der Waals surface area contributed by atoms with Crippen molar-refractivity contribution in [2.24, 2.45) is 5.92 Å². The third-order valence-corrected chi connectivity index (χ3v) is 7.73. The molecule has 3 atom stereocenters. The summed E-state index contributed by atoms with van der Waals surface area (Å²) in [6.07, 6.45) is 10.1. The smallest absolute Gasteiger partial charge is 0.228 e. The highest BCUT2D eigenvalue weighted by Gasteiger charge is 2.38. The number of carbonyl (C=O) groups is 1. The van der Waals surface area contributed by atoms with Crippen LogP contribution in [0.5, 0.6) is 0 Å². The number of hydrogen-bond donors (Lipinski definition) is 1. The van der Waals surface area contributed by atoms with E-state index in [0.29, 0.717) is 37.9 Å². The van der Waals surface area contributed by atoms with Crippen molar-refractivity contribution in [3.63, 3.8) is 0 Å². The van der Waals surface area contributed by atoms with Gasteiger partial charge in [0.2, 0.25) is 5.91 Å². The molecule has 1 amide bonds. The largest absolute Gasteiger partial charge is 0.381 e. The van der Waals surface area contributed by atoms with E-state index in [1.165, 1.54) is 18.4 Å². The highest BCUT2D eigenvalue weighted by molar-refractivity contribution is 7.98. The van der Waals surface area contributed by atoms with Gasteiger partial charge >= 0.3 is 0 Å². The van der Waals surface area contributed by atoms with Crippen LogP contribution in [-0.2, 0) is 14.3 Å². The molecule has 1 aromatic carbocycles. The van der Waals surface area contributed by atoms with E-state index in [2.05, 4.69) is 46.8 Å². The highest BCUT2D eigenvalue weighted by atomic mass is 32.2. The Bertz CT molecular complexity index is 675. The van der Waals surface area contributed by atoms with Crippen molar-refractivity contribution in [1.82, 2.24) is 10.2 Å². The Balaban J connectivity index is 1.34. The molecule has 172 valence electrons. The molecule has 0 radical (unpaired) electrons. The van der Waals surface area contributed by atoms with Gasteiger partial charge in [0.15, 0.2) is 0 Å². The number of benzene rings is 1. The molecule has 1 aromatic rings. The summed E-state index contributed by atoms with van der Waals surface area (Å²) in [6, 6.07) is 11.3. The molecule has 0 bridgehead atoms. The Hall–Kier alpha value is -1.08. The van der Waals surface area contributed by atoms with Gasteiger partial charge in [0, 0.05) is 25.1 Å². The molecule has 0 aromatic heterocycles. The van der Waals surface area contributed by atoms with Crippen molar-refractivity contribution in [2.45, 2.75) is 69.1 Å². The molecule has 1 N–H and O–H groups in total. The lowest BCUT2D eigenvalue weighted by Crippen LogP contribution is -2.59. The van der Waals surface area contributed by atoms with Gasteiger partial charge in [-0.3, -0.25) is 4.79 Å². The number of rotatable bonds is 8. The van der Waals surface area contributed by atoms with Gasteiger partial charge < -0.3 is 19.7 Å². The second-order valence-corrected chi connectivity index (χ2v) is 10.1. The molecule has 6 heteroatoms. The summed E-state index contributed by atoms with van der Waals surface area (Å²) in [7, 11) is 0. The highest BCUT2D eigenvalue weighted by Crippen LogP contribution is 2.34. The molecule has 31 heavy (non-hydrogen) atoms. The van der Waals surface area contributed by atoms with E-state index in [9.17, 15) is 4.79 Å². The summed E-state index contributed by atoms with van der Waals surface area (Å²) >= 11 is 1.80. The number of likely N-dealkylation sites (tertiary alicyclic amines) is 1. The number of amides is 1. The molecule has 2 aliphatic heterocycles. The van der Waals surface area contributed by atoms with Gasteiger partial charge in [0.1, 0.15) is 0 Å². The van der Waals surface area contributed by atoms with E-state index >= 15 is 0 Å². The van der Waals surface area contributed by atoms with Gasteiger partial charge in [0.05, 0.1) is 31.3 Å². The Morgan fingerprint density at radius 3 is 2.68 bits per heavy atom. The van der Waals surface area contributed by atoms with E-state index < -0.39 is 0 Å². The predicted octanol–water partition coefficient (Wildman–Crippen LogP) is 4.04. The second kappa shape index (κ2) is 11.7. The minimum absolute atomic E-state index is 0.0307. The summed E-state index contributed by atoms with van der Waals surface area (Å²) in [5.41, 5.74) is 1.46. The molecule has 3 aliphatic rings. The average molecular weight is 447 g/mol. The molecule has 2 saturated heterocycles. The maximum atomic E-state index is 13.2. The van der Waals surface area contributed by atoms with Gasteiger partial charge in [-0.1, -0.05) is 30.3 Å². The minimum Gasteiger partial charge on any atom is -0.381 e. The topological polar surface area (TPSA) is 50.8 Å². The van der Waals surface area contributed by atoms with Crippen LogP contribution < -0.4 is 5.32 Å². The third-order valence-electron chi connectivity index (χ3n) is 7.28. The third kappa shape index (κ3) is 6.04. The lowest BCUT2D eigenvalue weighted by Gasteiger charge is -2.43. The van der Waals surface area contributed by atoms with E-state index in [1.54, 1.807) is 11.8 Å². The first kappa shape index (κ1) is 23.1. The van der Waals surface area contributed by atoms with Crippen LogP contribution in [0.4, 0.5) is 0 Å². The Morgan fingerprint density at radius 2 is 1.97 bits per heavy atom. The summed E-state index contributed by atoms with van der Waals surface area (Å²) in [4.78, 5) is 15.4. The minimum atomic E-state index is 0.0307. The first-order valence-corrected chi connectivity index (χ1v) is 13.4. The molecular weight excluding hydrogens is 408 g/mol. The van der Waals surface area contributed by atoms with Crippen LogP contribution >= 0.6 is 11.8 Å². The van der Waals surface area contributed by atoms with Crippen molar-refractivity contribution in [1.29, 1.82) is 0 Å². The molecule has 2 heterocycles. The SMILES string of the molecule is CSCN[C@H]1CCCN(C(=O)[C@H]2CCOC2)[C@H]1COC1CCC(c2ccccc2)CC1. The summed E-state index contributed by atoms with van der Waals surface area (Å²) < 4.78 is 12.0. The first-order chi connectivity index (χ1) is 15.3. The Labute approximate surface area is 191 Å². The molecule has 4 rings (SSSR count). The normalized spacial score (nSPS) is 31.6. The van der Waals surface area contributed by atoms with Gasteiger partial charge in [-0.15, -0.1) is 11.8 Å². The van der Waals surface area contributed by atoms with Crippen molar-refractivity contribution in [3.05, 3.63) is 35.9 Å². The molecule has 0 spiro atoms. The average Bonchev–Trinajstić information content (AvgIpc) is 3.37.